The number of benzene rings is 2. The third kappa shape index (κ3) is 6.96. The summed E-state index contributed by atoms with van der Waals surface area (Å²) in [7, 11) is 0. The van der Waals surface area contributed by atoms with E-state index >= 15 is 0 Å². The van der Waals surface area contributed by atoms with Crippen LogP contribution < -0.4 is 26.6 Å². The normalized spacial score (nSPS) is 23.3. The molecule has 7 N–H and O–H groups in total. The van der Waals surface area contributed by atoms with Gasteiger partial charge in [0.1, 0.15) is 17.6 Å². The van der Waals surface area contributed by atoms with Gasteiger partial charge in [-0.15, -0.1) is 0 Å². The first kappa shape index (κ1) is 29.6. The fourth-order valence-corrected chi connectivity index (χ4v) is 5.92. The molecule has 12 nitrogen and oxygen atoms in total. The quantitative estimate of drug-likeness (QED) is 0.239. The summed E-state index contributed by atoms with van der Waals surface area (Å²) in [6, 6.07) is 12.7. The van der Waals surface area contributed by atoms with Crippen molar-refractivity contribution in [1.82, 2.24) is 31.6 Å². The number of aromatic nitrogens is 1. The maximum atomic E-state index is 13.7. The van der Waals surface area contributed by atoms with Crippen LogP contribution in [0.3, 0.4) is 0 Å². The van der Waals surface area contributed by atoms with Gasteiger partial charge in [-0.1, -0.05) is 67.8 Å². The van der Waals surface area contributed by atoms with Crippen molar-refractivity contribution in [2.75, 3.05) is 6.54 Å². The molecule has 5 rings (SSSR count). The van der Waals surface area contributed by atoms with E-state index in [4.69, 9.17) is 0 Å². The second-order valence-corrected chi connectivity index (χ2v) is 11.2. The van der Waals surface area contributed by atoms with Gasteiger partial charge in [0, 0.05) is 30.1 Å². The highest BCUT2D eigenvalue weighted by atomic mass is 16.4. The standard InChI is InChI=1S/C31H36N6O6/c38-26(39)16-24-28(41)34-25(19-9-3-1-4-10-19)18-33-27(40)23(15-20-17-32-22-12-6-5-11-21(20)22)36-30(43)37-31(29(42)35-24)13-7-2-8-14-31/h1,3-6,9-12,17,23-25,32H,2,7-8,13-16,18H2,(H,33,40)(H,34,41)(H,35,42)(H,38,39)(H2,36,37,43)/t23-,24+,25-/m1/s1. The Bertz CT molecular complexity index is 1500. The van der Waals surface area contributed by atoms with Crippen LogP contribution in [0.1, 0.15) is 55.7 Å². The van der Waals surface area contributed by atoms with Crippen molar-refractivity contribution >= 4 is 40.6 Å². The second kappa shape index (κ2) is 13.0. The summed E-state index contributed by atoms with van der Waals surface area (Å²) in [5, 5.41) is 24.3. The number of carboxylic acids is 1. The fraction of sp³-hybridized carbons (Fsp3) is 0.387. The van der Waals surface area contributed by atoms with Crippen LogP contribution in [0.5, 0.6) is 0 Å². The molecule has 43 heavy (non-hydrogen) atoms. The number of rotatable bonds is 5. The highest BCUT2D eigenvalue weighted by molar-refractivity contribution is 5.97. The van der Waals surface area contributed by atoms with Crippen molar-refractivity contribution < 1.29 is 29.1 Å². The molecule has 3 atom stereocenters. The number of hydrogen-bond acceptors (Lipinski definition) is 5. The van der Waals surface area contributed by atoms with Gasteiger partial charge in [0.2, 0.25) is 17.7 Å². The Morgan fingerprint density at radius 3 is 2.30 bits per heavy atom. The predicted octanol–water partition coefficient (Wildman–Crippen LogP) is 2.03. The van der Waals surface area contributed by atoms with Gasteiger partial charge >= 0.3 is 12.0 Å². The Morgan fingerprint density at radius 2 is 1.56 bits per heavy atom. The lowest BCUT2D eigenvalue weighted by Gasteiger charge is -2.38. The van der Waals surface area contributed by atoms with E-state index in [9.17, 15) is 29.1 Å². The first-order valence-electron chi connectivity index (χ1n) is 14.5. The van der Waals surface area contributed by atoms with Crippen LogP contribution in [-0.2, 0) is 25.6 Å². The molecule has 12 heteroatoms. The number of fused-ring (bicyclic) bond motifs is 1. The molecule has 226 valence electrons. The van der Waals surface area contributed by atoms with Gasteiger partial charge in [-0.25, -0.2) is 4.79 Å². The molecule has 2 aromatic carbocycles. The van der Waals surface area contributed by atoms with Crippen molar-refractivity contribution in [1.29, 1.82) is 0 Å². The third-order valence-corrected chi connectivity index (χ3v) is 8.21. The first-order valence-corrected chi connectivity index (χ1v) is 14.5. The van der Waals surface area contributed by atoms with Gasteiger partial charge in [0.25, 0.3) is 0 Å². The van der Waals surface area contributed by atoms with Crippen molar-refractivity contribution in [3.05, 3.63) is 71.9 Å². The van der Waals surface area contributed by atoms with Crippen molar-refractivity contribution in [3.63, 3.8) is 0 Å². The summed E-state index contributed by atoms with van der Waals surface area (Å²) in [6.45, 7) is -0.0417. The molecule has 0 unspecified atom stereocenters. The maximum absolute atomic E-state index is 13.7. The predicted molar refractivity (Wildman–Crippen MR) is 158 cm³/mol. The number of carbonyl (C=O) groups excluding carboxylic acids is 4. The molecule has 1 saturated heterocycles. The summed E-state index contributed by atoms with van der Waals surface area (Å²) < 4.78 is 0. The number of nitrogens with one attached hydrogen (secondary N) is 6. The van der Waals surface area contributed by atoms with E-state index in [1.807, 2.05) is 30.3 Å². The van der Waals surface area contributed by atoms with Gasteiger partial charge in [-0.05, 0) is 30.0 Å². The van der Waals surface area contributed by atoms with Crippen LogP contribution in [0, 0.1) is 0 Å². The number of amides is 5. The number of carboxylic acid groups (broad SMARTS) is 1. The van der Waals surface area contributed by atoms with E-state index in [0.717, 1.165) is 22.9 Å². The summed E-state index contributed by atoms with van der Waals surface area (Å²) in [5.74, 6) is -3.08. The SMILES string of the molecule is O=C(O)C[C@@H]1NC(=O)C2(CCCCC2)NC(=O)N[C@H](Cc2c[nH]c3ccccc23)C(=O)NC[C@H](c2ccccc2)NC1=O. The van der Waals surface area contributed by atoms with Crippen LogP contribution in [-0.4, -0.2) is 64.0 Å². The molecule has 0 bridgehead atoms. The third-order valence-electron chi connectivity index (χ3n) is 8.21. The van der Waals surface area contributed by atoms with Crippen LogP contribution in [0.2, 0.25) is 0 Å². The molecule has 1 aliphatic heterocycles. The number of carbonyl (C=O) groups is 5. The molecule has 1 saturated carbocycles. The lowest BCUT2D eigenvalue weighted by atomic mass is 9.80. The zero-order valence-corrected chi connectivity index (χ0v) is 23.7. The van der Waals surface area contributed by atoms with E-state index in [-0.39, 0.29) is 13.0 Å². The number of hydrogen-bond donors (Lipinski definition) is 7. The van der Waals surface area contributed by atoms with E-state index in [2.05, 4.69) is 31.6 Å². The van der Waals surface area contributed by atoms with Crippen molar-refractivity contribution in [2.45, 2.75) is 68.6 Å². The van der Waals surface area contributed by atoms with Crippen molar-refractivity contribution in [3.8, 4) is 0 Å². The van der Waals surface area contributed by atoms with E-state index in [0.29, 0.717) is 31.2 Å². The summed E-state index contributed by atoms with van der Waals surface area (Å²) in [4.78, 5) is 69.2. The number of aromatic amines is 1. The molecule has 1 spiro atoms. The van der Waals surface area contributed by atoms with Crippen molar-refractivity contribution in [2.24, 2.45) is 0 Å². The summed E-state index contributed by atoms with van der Waals surface area (Å²) in [5.41, 5.74) is 1.02. The van der Waals surface area contributed by atoms with Crippen LogP contribution in [0.25, 0.3) is 10.9 Å². The minimum absolute atomic E-state index is 0.0417. The van der Waals surface area contributed by atoms with Crippen LogP contribution in [0.15, 0.2) is 60.8 Å². The zero-order chi connectivity index (χ0) is 30.4. The monoisotopic (exact) mass is 588 g/mol. The molecular formula is C31H36N6O6. The van der Waals surface area contributed by atoms with E-state index in [1.54, 1.807) is 30.5 Å². The zero-order valence-electron chi connectivity index (χ0n) is 23.7. The molecule has 5 amide bonds. The van der Waals surface area contributed by atoms with Gasteiger partial charge in [-0.2, -0.15) is 0 Å². The molecular weight excluding hydrogens is 552 g/mol. The Morgan fingerprint density at radius 1 is 0.837 bits per heavy atom. The van der Waals surface area contributed by atoms with Gasteiger partial charge in [0.05, 0.1) is 12.5 Å². The topological polar surface area (TPSA) is 182 Å². The minimum Gasteiger partial charge on any atom is -0.481 e. The lowest BCUT2D eigenvalue weighted by Crippen LogP contribution is -2.65. The largest absolute Gasteiger partial charge is 0.481 e. The average Bonchev–Trinajstić information content (AvgIpc) is 3.41. The van der Waals surface area contributed by atoms with Crippen LogP contribution >= 0.6 is 0 Å². The maximum Gasteiger partial charge on any atom is 0.316 e. The fourth-order valence-electron chi connectivity index (χ4n) is 5.92. The molecule has 2 aliphatic rings. The van der Waals surface area contributed by atoms with E-state index in [1.165, 1.54) is 0 Å². The van der Waals surface area contributed by atoms with E-state index < -0.39 is 59.8 Å². The van der Waals surface area contributed by atoms with Gasteiger partial charge < -0.3 is 36.7 Å². The Hall–Kier alpha value is -4.87. The summed E-state index contributed by atoms with van der Waals surface area (Å²) >= 11 is 0. The molecule has 2 fully saturated rings. The minimum atomic E-state index is -1.40. The highest BCUT2D eigenvalue weighted by Crippen LogP contribution is 2.29. The average molecular weight is 589 g/mol. The highest BCUT2D eigenvalue weighted by Gasteiger charge is 2.43. The molecule has 0 radical (unpaired) electrons. The number of urea groups is 1. The first-order chi connectivity index (χ1) is 20.7. The number of H-pyrrole nitrogens is 1. The Labute approximate surface area is 248 Å². The number of para-hydroxylation sites is 1. The van der Waals surface area contributed by atoms with Gasteiger partial charge in [0.15, 0.2) is 0 Å². The molecule has 3 aromatic rings. The smallest absolute Gasteiger partial charge is 0.316 e. The van der Waals surface area contributed by atoms with Gasteiger partial charge in [-0.3, -0.25) is 19.2 Å². The second-order valence-electron chi connectivity index (χ2n) is 11.2. The molecule has 1 aromatic heterocycles. The Balaban J connectivity index is 1.49. The Kier molecular flexibility index (Phi) is 8.93. The lowest BCUT2D eigenvalue weighted by molar-refractivity contribution is -0.141. The number of aliphatic carboxylic acids is 1. The summed E-state index contributed by atoms with van der Waals surface area (Å²) in [6.07, 6.45) is 4.10. The molecule has 2 heterocycles. The van der Waals surface area contributed by atoms with Crippen LogP contribution in [0.4, 0.5) is 4.79 Å². The molecule has 1 aliphatic carbocycles.